The molecule has 2 fully saturated rings. The fourth-order valence-electron chi connectivity index (χ4n) is 3.88. The zero-order valence-electron chi connectivity index (χ0n) is 12.6. The van der Waals surface area contributed by atoms with Crippen LogP contribution in [0.15, 0.2) is 40.9 Å². The van der Waals surface area contributed by atoms with Crippen molar-refractivity contribution in [1.82, 2.24) is 0 Å². The molecule has 0 unspecified atom stereocenters. The monoisotopic (exact) mass is 377 g/mol. The summed E-state index contributed by atoms with van der Waals surface area (Å²) in [7, 11) is 0. The smallest absolute Gasteiger partial charge is 0.312 e. The highest BCUT2D eigenvalue weighted by atomic mass is 79.9. The molecular weight excluding hydrogens is 362 g/mol. The molecular formula is C17H16BrNO4. The third-order valence-corrected chi connectivity index (χ3v) is 5.47. The first-order chi connectivity index (χ1) is 11.1. The normalized spacial score (nSPS) is 34.1. The number of benzene rings is 1. The molecule has 2 bridgehead atoms. The summed E-state index contributed by atoms with van der Waals surface area (Å²) in [4.78, 5) is 27.0. The van der Waals surface area contributed by atoms with E-state index in [1.54, 1.807) is 11.8 Å². The molecule has 4 atom stereocenters. The van der Waals surface area contributed by atoms with Crippen LogP contribution in [0.25, 0.3) is 0 Å². The van der Waals surface area contributed by atoms with Gasteiger partial charge in [0.2, 0.25) is 5.91 Å². The molecule has 1 spiro atoms. The Bertz CT molecular complexity index is 718. The first kappa shape index (κ1) is 14.9. The molecule has 6 heteroatoms. The van der Waals surface area contributed by atoms with Crippen LogP contribution in [0.3, 0.4) is 0 Å². The van der Waals surface area contributed by atoms with Gasteiger partial charge in [-0.1, -0.05) is 24.3 Å². The van der Waals surface area contributed by atoms with E-state index in [2.05, 4.69) is 15.9 Å². The van der Waals surface area contributed by atoms with Crippen LogP contribution in [0.4, 0.5) is 5.69 Å². The summed E-state index contributed by atoms with van der Waals surface area (Å²) in [5.41, 5.74) is 0.0818. The van der Waals surface area contributed by atoms with Crippen LogP contribution in [0.5, 0.6) is 0 Å². The number of hydrogen-bond acceptors (Lipinski definition) is 4. The van der Waals surface area contributed by atoms with E-state index in [1.807, 2.05) is 36.4 Å². The van der Waals surface area contributed by atoms with E-state index in [-0.39, 0.29) is 18.0 Å². The Morgan fingerprint density at radius 2 is 2.26 bits per heavy atom. The van der Waals surface area contributed by atoms with Crippen molar-refractivity contribution in [2.75, 3.05) is 18.1 Å². The first-order valence-electron chi connectivity index (χ1n) is 7.67. The minimum atomic E-state index is -0.714. The highest BCUT2D eigenvalue weighted by Crippen LogP contribution is 2.53. The molecule has 0 saturated carbocycles. The van der Waals surface area contributed by atoms with Crippen LogP contribution >= 0.6 is 15.9 Å². The summed E-state index contributed by atoms with van der Waals surface area (Å²) in [6.07, 6.45) is 3.46. The molecule has 23 heavy (non-hydrogen) atoms. The quantitative estimate of drug-likeness (QED) is 0.598. The van der Waals surface area contributed by atoms with Gasteiger partial charge in [0.1, 0.15) is 11.5 Å². The Kier molecular flexibility index (Phi) is 3.35. The van der Waals surface area contributed by atoms with Crippen LogP contribution in [-0.4, -0.2) is 36.7 Å². The summed E-state index contributed by atoms with van der Waals surface area (Å²) >= 11 is 3.49. The molecule has 3 aliphatic rings. The Morgan fingerprint density at radius 1 is 1.48 bits per heavy atom. The number of amides is 1. The highest BCUT2D eigenvalue weighted by molar-refractivity contribution is 9.10. The number of nitrogens with zero attached hydrogens (tertiary/aromatic N) is 1. The van der Waals surface area contributed by atoms with Crippen molar-refractivity contribution in [1.29, 1.82) is 0 Å². The van der Waals surface area contributed by atoms with Gasteiger partial charge in [-0.2, -0.15) is 0 Å². The second-order valence-electron chi connectivity index (χ2n) is 6.03. The molecule has 1 amide bonds. The molecule has 3 aliphatic heterocycles. The molecule has 0 N–H and O–H groups in total. The van der Waals surface area contributed by atoms with Crippen molar-refractivity contribution in [3.63, 3.8) is 0 Å². The highest BCUT2D eigenvalue weighted by Gasteiger charge is 2.67. The van der Waals surface area contributed by atoms with E-state index >= 15 is 0 Å². The van der Waals surface area contributed by atoms with Crippen LogP contribution in [-0.2, 0) is 19.1 Å². The zero-order valence-corrected chi connectivity index (χ0v) is 14.2. The van der Waals surface area contributed by atoms with Gasteiger partial charge in [-0.05, 0) is 35.0 Å². The number of halogens is 1. The predicted octanol–water partition coefficient (Wildman–Crippen LogP) is 2.30. The SMILES string of the molecule is CCOC(=O)[C@@H]1[C@H]2C(=O)N(c3ccccc3Br)C[C@@]23C=C[C@H]1O3. The van der Waals surface area contributed by atoms with Crippen molar-refractivity contribution in [2.24, 2.45) is 11.8 Å². The maximum absolute atomic E-state index is 13.0. The van der Waals surface area contributed by atoms with Crippen LogP contribution in [0.2, 0.25) is 0 Å². The van der Waals surface area contributed by atoms with E-state index in [0.717, 1.165) is 10.2 Å². The molecule has 1 aromatic carbocycles. The average molecular weight is 378 g/mol. The molecule has 1 aromatic rings. The Morgan fingerprint density at radius 3 is 3.00 bits per heavy atom. The van der Waals surface area contributed by atoms with Crippen LogP contribution in [0.1, 0.15) is 6.92 Å². The Hall–Kier alpha value is -1.66. The van der Waals surface area contributed by atoms with Gasteiger partial charge >= 0.3 is 5.97 Å². The number of hydrogen-bond donors (Lipinski definition) is 0. The van der Waals surface area contributed by atoms with Gasteiger partial charge in [0.05, 0.1) is 30.9 Å². The van der Waals surface area contributed by atoms with Crippen molar-refractivity contribution in [3.8, 4) is 0 Å². The maximum Gasteiger partial charge on any atom is 0.312 e. The van der Waals surface area contributed by atoms with E-state index < -0.39 is 17.4 Å². The average Bonchev–Trinajstić information content (AvgIpc) is 3.16. The number of anilines is 1. The number of rotatable bonds is 3. The molecule has 120 valence electrons. The lowest BCUT2D eigenvalue weighted by Gasteiger charge is -2.22. The van der Waals surface area contributed by atoms with Gasteiger partial charge in [0, 0.05) is 4.47 Å². The number of carbonyl (C=O) groups excluding carboxylic acids is 2. The Balaban J connectivity index is 1.71. The second kappa shape index (κ2) is 5.18. The van der Waals surface area contributed by atoms with Gasteiger partial charge in [-0.15, -0.1) is 0 Å². The lowest BCUT2D eigenvalue weighted by molar-refractivity contribution is -0.151. The molecule has 5 nitrogen and oxygen atoms in total. The van der Waals surface area contributed by atoms with E-state index in [1.165, 1.54) is 0 Å². The lowest BCUT2D eigenvalue weighted by atomic mass is 9.77. The van der Waals surface area contributed by atoms with Gasteiger partial charge in [-0.25, -0.2) is 0 Å². The molecule has 3 heterocycles. The third-order valence-electron chi connectivity index (χ3n) is 4.80. The van der Waals surface area contributed by atoms with Gasteiger partial charge < -0.3 is 14.4 Å². The number of para-hydroxylation sites is 1. The fraction of sp³-hybridized carbons (Fsp3) is 0.412. The minimum Gasteiger partial charge on any atom is -0.466 e. The maximum atomic E-state index is 13.0. The van der Waals surface area contributed by atoms with Crippen molar-refractivity contribution in [2.45, 2.75) is 18.6 Å². The van der Waals surface area contributed by atoms with Gasteiger partial charge in [0.25, 0.3) is 0 Å². The molecule has 2 saturated heterocycles. The summed E-state index contributed by atoms with van der Waals surface area (Å²) in [6.45, 7) is 2.48. The second-order valence-corrected chi connectivity index (χ2v) is 6.88. The predicted molar refractivity (Wildman–Crippen MR) is 86.9 cm³/mol. The fourth-order valence-corrected chi connectivity index (χ4v) is 4.38. The van der Waals surface area contributed by atoms with Crippen molar-refractivity contribution in [3.05, 3.63) is 40.9 Å². The number of carbonyl (C=O) groups is 2. The van der Waals surface area contributed by atoms with Crippen molar-refractivity contribution < 1.29 is 19.1 Å². The molecule has 0 aromatic heterocycles. The molecule has 0 aliphatic carbocycles. The third kappa shape index (κ3) is 2.01. The minimum absolute atomic E-state index is 0.0817. The van der Waals surface area contributed by atoms with E-state index in [4.69, 9.17) is 9.47 Å². The van der Waals surface area contributed by atoms with Gasteiger partial charge in [-0.3, -0.25) is 9.59 Å². The zero-order chi connectivity index (χ0) is 16.2. The summed E-state index contributed by atoms with van der Waals surface area (Å²) in [5.74, 6) is -1.50. The Labute approximate surface area is 142 Å². The van der Waals surface area contributed by atoms with Crippen molar-refractivity contribution >= 4 is 33.5 Å². The topological polar surface area (TPSA) is 55.8 Å². The van der Waals surface area contributed by atoms with E-state index in [9.17, 15) is 9.59 Å². The number of fused-ring (bicyclic) bond motifs is 1. The number of esters is 1. The lowest BCUT2D eigenvalue weighted by Crippen LogP contribution is -2.40. The summed E-state index contributed by atoms with van der Waals surface area (Å²) in [5, 5.41) is 0. The largest absolute Gasteiger partial charge is 0.466 e. The number of ether oxygens (including phenoxy) is 2. The van der Waals surface area contributed by atoms with Crippen LogP contribution < -0.4 is 4.90 Å². The van der Waals surface area contributed by atoms with Crippen LogP contribution in [0, 0.1) is 11.8 Å². The summed E-state index contributed by atoms with van der Waals surface area (Å²) < 4.78 is 12.0. The van der Waals surface area contributed by atoms with E-state index in [0.29, 0.717) is 13.2 Å². The van der Waals surface area contributed by atoms with Gasteiger partial charge in [0.15, 0.2) is 0 Å². The standard InChI is InChI=1S/C17H16BrNO4/c1-2-22-16(21)13-12-7-8-17(23-12)9-19(15(20)14(13)17)11-6-4-3-5-10(11)18/h3-8,12-14H,2,9H2,1H3/t12-,13+,14+,17+/m1/s1. The molecule has 0 radical (unpaired) electrons. The first-order valence-corrected chi connectivity index (χ1v) is 8.46. The summed E-state index contributed by atoms with van der Waals surface area (Å²) in [6, 6.07) is 7.56. The molecule has 4 rings (SSSR count).